The molecule has 0 saturated carbocycles. The zero-order valence-corrected chi connectivity index (χ0v) is 18.0. The monoisotopic (exact) mass is 445 g/mol. The van der Waals surface area contributed by atoms with Crippen LogP contribution < -0.4 is 10.6 Å². The maximum atomic E-state index is 12.8. The molecule has 0 radical (unpaired) electrons. The lowest BCUT2D eigenvalue weighted by atomic mass is 10.2. The molecular formula is C22H21Cl2N3O3. The van der Waals surface area contributed by atoms with Gasteiger partial charge in [-0.05, 0) is 67.9 Å². The van der Waals surface area contributed by atoms with E-state index in [9.17, 15) is 9.59 Å². The quantitative estimate of drug-likeness (QED) is 0.468. The van der Waals surface area contributed by atoms with Gasteiger partial charge in [0.05, 0.1) is 16.3 Å². The molecule has 30 heavy (non-hydrogen) atoms. The Morgan fingerprint density at radius 1 is 0.967 bits per heavy atom. The minimum absolute atomic E-state index is 0.0358. The van der Waals surface area contributed by atoms with Crippen molar-refractivity contribution < 1.29 is 14.0 Å². The zero-order chi connectivity index (χ0) is 21.7. The first kappa shape index (κ1) is 21.7. The fraction of sp³-hybridized carbons (Fsp3) is 0.182. The minimum Gasteiger partial charge on any atom is -0.459 e. The van der Waals surface area contributed by atoms with E-state index >= 15 is 0 Å². The van der Waals surface area contributed by atoms with Crippen molar-refractivity contribution in [3.63, 3.8) is 0 Å². The molecule has 3 rings (SSSR count). The molecular weight excluding hydrogens is 425 g/mol. The van der Waals surface area contributed by atoms with Crippen LogP contribution in [0.15, 0.2) is 65.3 Å². The lowest BCUT2D eigenvalue weighted by Crippen LogP contribution is -2.39. The van der Waals surface area contributed by atoms with E-state index in [1.54, 1.807) is 53.4 Å². The van der Waals surface area contributed by atoms with Crippen molar-refractivity contribution in [1.82, 2.24) is 4.90 Å². The van der Waals surface area contributed by atoms with Crippen LogP contribution >= 0.6 is 23.2 Å². The second kappa shape index (κ2) is 9.69. The summed E-state index contributed by atoms with van der Waals surface area (Å²) in [5.41, 5.74) is 2.07. The molecule has 1 aromatic heterocycles. The summed E-state index contributed by atoms with van der Waals surface area (Å²) >= 11 is 12.0. The van der Waals surface area contributed by atoms with Crippen LogP contribution in [0.2, 0.25) is 10.0 Å². The van der Waals surface area contributed by atoms with Crippen LogP contribution in [-0.2, 0) is 6.54 Å². The molecule has 0 aliphatic carbocycles. The van der Waals surface area contributed by atoms with Crippen LogP contribution in [0.4, 0.5) is 16.2 Å². The predicted molar refractivity (Wildman–Crippen MR) is 119 cm³/mol. The second-order valence-corrected chi connectivity index (χ2v) is 7.72. The van der Waals surface area contributed by atoms with Crippen molar-refractivity contribution in [3.8, 4) is 0 Å². The van der Waals surface area contributed by atoms with E-state index < -0.39 is 0 Å². The number of carbonyl (C=O) groups excluding carboxylic acids is 2. The summed E-state index contributed by atoms with van der Waals surface area (Å²) < 4.78 is 5.07. The highest BCUT2D eigenvalue weighted by molar-refractivity contribution is 6.42. The maximum absolute atomic E-state index is 12.8. The van der Waals surface area contributed by atoms with Gasteiger partial charge in [-0.1, -0.05) is 29.3 Å². The Balaban J connectivity index is 1.63. The molecule has 8 heteroatoms. The molecule has 3 aromatic rings. The van der Waals surface area contributed by atoms with E-state index in [1.807, 2.05) is 19.9 Å². The molecule has 0 atom stereocenters. The fourth-order valence-corrected chi connectivity index (χ4v) is 3.08. The molecule has 2 N–H and O–H groups in total. The average Bonchev–Trinajstić information content (AvgIpc) is 3.25. The number of halogens is 2. The maximum Gasteiger partial charge on any atom is 0.322 e. The molecule has 3 amide bonds. The normalized spacial score (nSPS) is 10.7. The summed E-state index contributed by atoms with van der Waals surface area (Å²) in [6.07, 6.45) is 1.44. The number of nitrogens with zero attached hydrogens (tertiary/aromatic N) is 1. The van der Waals surface area contributed by atoms with Crippen molar-refractivity contribution in [1.29, 1.82) is 0 Å². The van der Waals surface area contributed by atoms with Gasteiger partial charge in [0.25, 0.3) is 5.91 Å². The molecule has 0 fully saturated rings. The molecule has 0 unspecified atom stereocenters. The number of anilines is 2. The standard InChI is InChI=1S/C22H21Cl2N3O3/c1-14(2)27(13-15-5-10-18(23)19(24)12-15)22(29)26-17-8-6-16(7-9-17)25-21(28)20-4-3-11-30-20/h3-12,14H,13H2,1-2H3,(H,25,28)(H,26,29). The number of nitrogens with one attached hydrogen (secondary N) is 2. The highest BCUT2D eigenvalue weighted by atomic mass is 35.5. The Labute approximate surface area is 184 Å². The predicted octanol–water partition coefficient (Wildman–Crippen LogP) is 6.28. The van der Waals surface area contributed by atoms with Crippen LogP contribution in [0, 0.1) is 0 Å². The Morgan fingerprint density at radius 3 is 2.20 bits per heavy atom. The number of carbonyl (C=O) groups is 2. The molecule has 0 spiro atoms. The first-order chi connectivity index (χ1) is 14.3. The molecule has 0 aliphatic heterocycles. The lowest BCUT2D eigenvalue weighted by molar-refractivity contribution is 0.0996. The molecule has 6 nitrogen and oxygen atoms in total. The van der Waals surface area contributed by atoms with Gasteiger partial charge in [0.15, 0.2) is 5.76 Å². The number of benzene rings is 2. The molecule has 156 valence electrons. The first-order valence-electron chi connectivity index (χ1n) is 9.30. The van der Waals surface area contributed by atoms with E-state index in [2.05, 4.69) is 10.6 Å². The zero-order valence-electron chi connectivity index (χ0n) is 16.5. The van der Waals surface area contributed by atoms with E-state index in [0.29, 0.717) is 28.0 Å². The van der Waals surface area contributed by atoms with Crippen molar-refractivity contribution in [2.45, 2.75) is 26.4 Å². The number of furan rings is 1. The van der Waals surface area contributed by atoms with E-state index in [-0.39, 0.29) is 23.7 Å². The number of hydrogen-bond donors (Lipinski definition) is 2. The van der Waals surface area contributed by atoms with Gasteiger partial charge in [0.1, 0.15) is 0 Å². The topological polar surface area (TPSA) is 74.6 Å². The second-order valence-electron chi connectivity index (χ2n) is 6.91. The number of amides is 3. The van der Waals surface area contributed by atoms with Gasteiger partial charge in [0, 0.05) is 24.0 Å². The minimum atomic E-state index is -0.343. The SMILES string of the molecule is CC(C)N(Cc1ccc(Cl)c(Cl)c1)C(=O)Nc1ccc(NC(=O)c2ccco2)cc1. The van der Waals surface area contributed by atoms with Crippen LogP contribution in [0.1, 0.15) is 30.0 Å². The lowest BCUT2D eigenvalue weighted by Gasteiger charge is -2.27. The van der Waals surface area contributed by atoms with Gasteiger partial charge in [-0.3, -0.25) is 4.79 Å². The Bertz CT molecular complexity index is 1020. The Morgan fingerprint density at radius 2 is 1.63 bits per heavy atom. The summed E-state index contributed by atoms with van der Waals surface area (Å²) in [4.78, 5) is 26.5. The third-order valence-corrected chi connectivity index (χ3v) is 5.10. The molecule has 0 aliphatic rings. The van der Waals surface area contributed by atoms with Gasteiger partial charge in [-0.2, -0.15) is 0 Å². The summed E-state index contributed by atoms with van der Waals surface area (Å²) in [7, 11) is 0. The van der Waals surface area contributed by atoms with E-state index in [1.165, 1.54) is 6.26 Å². The molecule has 2 aromatic carbocycles. The Kier molecular flexibility index (Phi) is 7.03. The highest BCUT2D eigenvalue weighted by Crippen LogP contribution is 2.24. The molecule has 0 bridgehead atoms. The summed E-state index contributed by atoms with van der Waals surface area (Å²) in [6, 6.07) is 15.1. The third-order valence-electron chi connectivity index (χ3n) is 4.36. The van der Waals surface area contributed by atoms with Gasteiger partial charge in [-0.25, -0.2) is 4.79 Å². The van der Waals surface area contributed by atoms with Gasteiger partial charge in [-0.15, -0.1) is 0 Å². The van der Waals surface area contributed by atoms with Crippen molar-refractivity contribution >= 4 is 46.5 Å². The largest absolute Gasteiger partial charge is 0.459 e. The van der Waals surface area contributed by atoms with E-state index in [0.717, 1.165) is 5.56 Å². The summed E-state index contributed by atoms with van der Waals surface area (Å²) in [5.74, 6) is -0.119. The van der Waals surface area contributed by atoms with Gasteiger partial charge >= 0.3 is 6.03 Å². The van der Waals surface area contributed by atoms with Crippen LogP contribution in [0.5, 0.6) is 0 Å². The highest BCUT2D eigenvalue weighted by Gasteiger charge is 2.18. The fourth-order valence-electron chi connectivity index (χ4n) is 2.76. The summed E-state index contributed by atoms with van der Waals surface area (Å²) in [5, 5.41) is 6.53. The van der Waals surface area contributed by atoms with E-state index in [4.69, 9.17) is 27.6 Å². The third kappa shape index (κ3) is 5.55. The smallest absolute Gasteiger partial charge is 0.322 e. The molecule has 0 saturated heterocycles. The summed E-state index contributed by atoms with van der Waals surface area (Å²) in [6.45, 7) is 4.26. The van der Waals surface area contributed by atoms with Gasteiger partial charge < -0.3 is 20.0 Å². The first-order valence-corrected chi connectivity index (χ1v) is 10.1. The Hall–Kier alpha value is -2.96. The van der Waals surface area contributed by atoms with Crippen molar-refractivity contribution in [2.24, 2.45) is 0 Å². The average molecular weight is 446 g/mol. The number of urea groups is 1. The van der Waals surface area contributed by atoms with Crippen molar-refractivity contribution in [3.05, 3.63) is 82.2 Å². The van der Waals surface area contributed by atoms with Crippen LogP contribution in [-0.4, -0.2) is 22.9 Å². The molecule has 1 heterocycles. The van der Waals surface area contributed by atoms with Crippen LogP contribution in [0.3, 0.4) is 0 Å². The van der Waals surface area contributed by atoms with Crippen molar-refractivity contribution in [2.75, 3.05) is 10.6 Å². The number of rotatable bonds is 6. The van der Waals surface area contributed by atoms with Gasteiger partial charge in [0.2, 0.25) is 0 Å². The van der Waals surface area contributed by atoms with Crippen LogP contribution in [0.25, 0.3) is 0 Å². The number of hydrogen-bond acceptors (Lipinski definition) is 3.